The first-order chi connectivity index (χ1) is 7.27. The van der Waals surface area contributed by atoms with Crippen LogP contribution in [0.15, 0.2) is 18.2 Å². The molecule has 0 aromatic heterocycles. The predicted octanol–water partition coefficient (Wildman–Crippen LogP) is 1.96. The zero-order valence-corrected chi connectivity index (χ0v) is 9.59. The van der Waals surface area contributed by atoms with Crippen molar-refractivity contribution in [3.63, 3.8) is 0 Å². The Morgan fingerprint density at radius 1 is 1.33 bits per heavy atom. The third-order valence-corrected chi connectivity index (χ3v) is 2.34. The molecule has 1 aromatic carbocycles. The van der Waals surface area contributed by atoms with Crippen LogP contribution in [0.5, 0.6) is 0 Å². The second kappa shape index (κ2) is 6.80. The van der Waals surface area contributed by atoms with Crippen molar-refractivity contribution in [1.82, 2.24) is 0 Å². The molecule has 84 valence electrons. The summed E-state index contributed by atoms with van der Waals surface area (Å²) in [5, 5.41) is 0.731. The van der Waals surface area contributed by atoms with Crippen LogP contribution in [-0.2, 0) is 22.4 Å². The fraction of sp³-hybridized carbons (Fsp3) is 0.455. The molecule has 15 heavy (non-hydrogen) atoms. The maximum absolute atomic E-state index is 5.91. The number of hydrogen-bond donors (Lipinski definition) is 1. The van der Waals surface area contributed by atoms with Crippen LogP contribution in [0.1, 0.15) is 11.1 Å². The van der Waals surface area contributed by atoms with Gasteiger partial charge in [0.2, 0.25) is 0 Å². The van der Waals surface area contributed by atoms with Crippen LogP contribution >= 0.6 is 11.6 Å². The predicted molar refractivity (Wildman–Crippen MR) is 60.9 cm³/mol. The van der Waals surface area contributed by atoms with Crippen molar-refractivity contribution in [3.05, 3.63) is 34.3 Å². The average molecular weight is 230 g/mol. The van der Waals surface area contributed by atoms with Gasteiger partial charge in [-0.15, -0.1) is 0 Å². The van der Waals surface area contributed by atoms with E-state index in [4.69, 9.17) is 26.8 Å². The minimum absolute atomic E-state index is 0.318. The van der Waals surface area contributed by atoms with E-state index in [1.165, 1.54) is 0 Å². The van der Waals surface area contributed by atoms with E-state index in [1.54, 1.807) is 7.11 Å². The summed E-state index contributed by atoms with van der Waals surface area (Å²) in [6.07, 6.45) is 0.802. The fourth-order valence-corrected chi connectivity index (χ4v) is 1.55. The molecular formula is C11H16ClNO2. The molecule has 0 atom stereocenters. The standard InChI is InChI=1S/C11H16ClNO2/c1-14-8-15-5-4-9-6-11(12)3-2-10(9)7-13/h2-3,6H,4-5,7-8,13H2,1H3. The maximum Gasteiger partial charge on any atom is 0.146 e. The molecule has 0 aliphatic carbocycles. The number of rotatable bonds is 6. The van der Waals surface area contributed by atoms with E-state index >= 15 is 0 Å². The van der Waals surface area contributed by atoms with Crippen molar-refractivity contribution in [3.8, 4) is 0 Å². The van der Waals surface area contributed by atoms with Crippen LogP contribution in [-0.4, -0.2) is 20.5 Å². The first-order valence-corrected chi connectivity index (χ1v) is 5.19. The van der Waals surface area contributed by atoms with Crippen molar-refractivity contribution in [1.29, 1.82) is 0 Å². The lowest BCUT2D eigenvalue weighted by atomic mass is 10.1. The number of halogens is 1. The van der Waals surface area contributed by atoms with Gasteiger partial charge in [0.05, 0.1) is 6.61 Å². The molecule has 3 nitrogen and oxygen atoms in total. The van der Waals surface area contributed by atoms with Crippen molar-refractivity contribution < 1.29 is 9.47 Å². The van der Waals surface area contributed by atoms with Crippen molar-refractivity contribution in [2.45, 2.75) is 13.0 Å². The summed E-state index contributed by atoms with van der Waals surface area (Å²) in [7, 11) is 1.60. The van der Waals surface area contributed by atoms with E-state index in [1.807, 2.05) is 18.2 Å². The van der Waals surface area contributed by atoms with E-state index in [0.29, 0.717) is 19.9 Å². The van der Waals surface area contributed by atoms with Gasteiger partial charge >= 0.3 is 0 Å². The Bertz CT molecular complexity index is 305. The third-order valence-electron chi connectivity index (χ3n) is 2.11. The Labute approximate surface area is 95.1 Å². The molecule has 0 saturated heterocycles. The topological polar surface area (TPSA) is 44.5 Å². The minimum atomic E-state index is 0.318. The number of nitrogens with two attached hydrogens (primary N) is 1. The van der Waals surface area contributed by atoms with E-state index in [-0.39, 0.29) is 0 Å². The van der Waals surface area contributed by atoms with Gasteiger partial charge in [-0.05, 0) is 29.7 Å². The lowest BCUT2D eigenvalue weighted by Crippen LogP contribution is -2.06. The highest BCUT2D eigenvalue weighted by Gasteiger charge is 2.02. The van der Waals surface area contributed by atoms with Crippen LogP contribution < -0.4 is 5.73 Å². The smallest absolute Gasteiger partial charge is 0.146 e. The quantitative estimate of drug-likeness (QED) is 0.599. The average Bonchev–Trinajstić information content (AvgIpc) is 2.25. The molecule has 0 radical (unpaired) electrons. The summed E-state index contributed by atoms with van der Waals surface area (Å²) in [6, 6.07) is 5.73. The Balaban J connectivity index is 2.54. The Hall–Kier alpha value is -0.610. The van der Waals surface area contributed by atoms with Crippen molar-refractivity contribution in [2.24, 2.45) is 5.73 Å². The van der Waals surface area contributed by atoms with Gasteiger partial charge in [0.1, 0.15) is 6.79 Å². The molecule has 0 spiro atoms. The monoisotopic (exact) mass is 229 g/mol. The van der Waals surface area contributed by atoms with E-state index in [0.717, 1.165) is 22.6 Å². The van der Waals surface area contributed by atoms with Crippen LogP contribution in [0.4, 0.5) is 0 Å². The largest absolute Gasteiger partial charge is 0.359 e. The summed E-state index contributed by atoms with van der Waals surface area (Å²) in [6.45, 7) is 1.45. The second-order valence-corrected chi connectivity index (χ2v) is 3.62. The lowest BCUT2D eigenvalue weighted by Gasteiger charge is -2.08. The lowest BCUT2D eigenvalue weighted by molar-refractivity contribution is -0.0291. The van der Waals surface area contributed by atoms with Gasteiger partial charge < -0.3 is 15.2 Å². The molecular weight excluding hydrogens is 214 g/mol. The van der Waals surface area contributed by atoms with Crippen LogP contribution in [0.2, 0.25) is 5.02 Å². The molecule has 0 amide bonds. The first kappa shape index (κ1) is 12.5. The zero-order valence-electron chi connectivity index (χ0n) is 8.83. The molecule has 1 rings (SSSR count). The number of methoxy groups -OCH3 is 1. The summed E-state index contributed by atoms with van der Waals surface area (Å²) >= 11 is 5.91. The highest BCUT2D eigenvalue weighted by molar-refractivity contribution is 6.30. The Morgan fingerprint density at radius 2 is 2.13 bits per heavy atom. The third kappa shape index (κ3) is 4.18. The van der Waals surface area contributed by atoms with Gasteiger partial charge in [-0.2, -0.15) is 0 Å². The zero-order chi connectivity index (χ0) is 11.1. The van der Waals surface area contributed by atoms with Crippen molar-refractivity contribution >= 4 is 11.6 Å². The van der Waals surface area contributed by atoms with Gasteiger partial charge in [-0.25, -0.2) is 0 Å². The Morgan fingerprint density at radius 3 is 2.80 bits per heavy atom. The molecule has 0 heterocycles. The molecule has 0 aliphatic rings. The van der Waals surface area contributed by atoms with Gasteiger partial charge in [-0.3, -0.25) is 0 Å². The van der Waals surface area contributed by atoms with Crippen LogP contribution in [0.25, 0.3) is 0 Å². The molecule has 0 aliphatic heterocycles. The van der Waals surface area contributed by atoms with Crippen molar-refractivity contribution in [2.75, 3.05) is 20.5 Å². The van der Waals surface area contributed by atoms with Gasteiger partial charge in [0.25, 0.3) is 0 Å². The molecule has 0 saturated carbocycles. The second-order valence-electron chi connectivity index (χ2n) is 3.18. The highest BCUT2D eigenvalue weighted by atomic mass is 35.5. The minimum Gasteiger partial charge on any atom is -0.359 e. The molecule has 0 unspecified atom stereocenters. The van der Waals surface area contributed by atoms with Gasteiger partial charge in [0.15, 0.2) is 0 Å². The van der Waals surface area contributed by atoms with E-state index in [2.05, 4.69) is 0 Å². The van der Waals surface area contributed by atoms with E-state index < -0.39 is 0 Å². The maximum atomic E-state index is 5.91. The normalized spacial score (nSPS) is 10.6. The summed E-state index contributed by atoms with van der Waals surface area (Å²) in [5.74, 6) is 0. The fourth-order valence-electron chi connectivity index (χ4n) is 1.35. The number of benzene rings is 1. The Kier molecular flexibility index (Phi) is 5.65. The molecule has 2 N–H and O–H groups in total. The number of ether oxygens (including phenoxy) is 2. The summed E-state index contributed by atoms with van der Waals surface area (Å²) < 4.78 is 10.0. The van der Waals surface area contributed by atoms with Gasteiger partial charge in [0, 0.05) is 18.7 Å². The highest BCUT2D eigenvalue weighted by Crippen LogP contribution is 2.16. The van der Waals surface area contributed by atoms with E-state index in [9.17, 15) is 0 Å². The molecule has 0 fully saturated rings. The van der Waals surface area contributed by atoms with Crippen LogP contribution in [0.3, 0.4) is 0 Å². The first-order valence-electron chi connectivity index (χ1n) is 4.82. The molecule has 4 heteroatoms. The summed E-state index contributed by atoms with van der Waals surface area (Å²) in [5.41, 5.74) is 7.87. The molecule has 0 bridgehead atoms. The molecule has 1 aromatic rings. The number of hydrogen-bond acceptors (Lipinski definition) is 3. The SMILES string of the molecule is COCOCCc1cc(Cl)ccc1CN. The van der Waals surface area contributed by atoms with Crippen LogP contribution in [0, 0.1) is 0 Å². The van der Waals surface area contributed by atoms with Gasteiger partial charge in [-0.1, -0.05) is 17.7 Å². The summed E-state index contributed by atoms with van der Waals surface area (Å²) in [4.78, 5) is 0.